The van der Waals surface area contributed by atoms with Crippen molar-refractivity contribution in [3.05, 3.63) is 33.9 Å². The Hall–Kier alpha value is -2.29. The number of carboxylic acids is 1. The van der Waals surface area contributed by atoms with Crippen LogP contribution in [0.1, 0.15) is 37.7 Å². The van der Waals surface area contributed by atoms with Gasteiger partial charge in [-0.25, -0.2) is 0 Å². The Morgan fingerprint density at radius 1 is 1.38 bits per heavy atom. The van der Waals surface area contributed by atoms with Crippen LogP contribution < -0.4 is 10.1 Å². The van der Waals surface area contributed by atoms with E-state index in [1.54, 1.807) is 6.07 Å². The lowest BCUT2D eigenvalue weighted by Crippen LogP contribution is -2.48. The van der Waals surface area contributed by atoms with Gasteiger partial charge < -0.3 is 15.2 Å². The molecule has 1 aromatic carbocycles. The van der Waals surface area contributed by atoms with Crippen molar-refractivity contribution in [1.82, 2.24) is 5.32 Å². The summed E-state index contributed by atoms with van der Waals surface area (Å²) in [6.45, 7) is 0. The van der Waals surface area contributed by atoms with E-state index in [4.69, 9.17) is 9.84 Å². The molecular formula is C17H22N2O6S. The molecule has 2 rings (SSSR count). The van der Waals surface area contributed by atoms with Crippen LogP contribution in [0, 0.1) is 10.1 Å². The lowest BCUT2D eigenvalue weighted by molar-refractivity contribution is -0.385. The predicted octanol–water partition coefficient (Wildman–Crippen LogP) is 2.74. The minimum atomic E-state index is -0.912. The monoisotopic (exact) mass is 382 g/mol. The van der Waals surface area contributed by atoms with Crippen molar-refractivity contribution in [3.63, 3.8) is 0 Å². The van der Waals surface area contributed by atoms with Crippen LogP contribution in [0.3, 0.4) is 0 Å². The number of carbonyl (C=O) groups excluding carboxylic acids is 1. The first-order chi connectivity index (χ1) is 12.3. The van der Waals surface area contributed by atoms with Crippen molar-refractivity contribution in [2.24, 2.45) is 0 Å². The summed E-state index contributed by atoms with van der Waals surface area (Å²) in [5.74, 6) is -0.323. The van der Waals surface area contributed by atoms with E-state index < -0.39 is 16.4 Å². The number of carbonyl (C=O) groups is 2. The van der Waals surface area contributed by atoms with Gasteiger partial charge in [-0.2, -0.15) is 0 Å². The van der Waals surface area contributed by atoms with Gasteiger partial charge in [0.1, 0.15) is 0 Å². The molecule has 9 heteroatoms. The van der Waals surface area contributed by atoms with E-state index in [1.807, 2.05) is 0 Å². The molecule has 8 nitrogen and oxygen atoms in total. The summed E-state index contributed by atoms with van der Waals surface area (Å²) in [7, 11) is 1.37. The minimum absolute atomic E-state index is 0.0614. The number of thioether (sulfide) groups is 1. The molecule has 0 aromatic heterocycles. The van der Waals surface area contributed by atoms with Gasteiger partial charge in [0.15, 0.2) is 5.75 Å². The van der Waals surface area contributed by atoms with Crippen LogP contribution in [0.15, 0.2) is 18.2 Å². The number of ether oxygens (including phenoxy) is 1. The number of rotatable bonds is 9. The molecule has 0 spiro atoms. The molecule has 1 saturated carbocycles. The predicted molar refractivity (Wildman–Crippen MR) is 97.4 cm³/mol. The third-order valence-corrected chi connectivity index (χ3v) is 5.40. The van der Waals surface area contributed by atoms with Gasteiger partial charge in [0, 0.05) is 11.8 Å². The Morgan fingerprint density at radius 2 is 2.08 bits per heavy atom. The number of hydrogen-bond acceptors (Lipinski definition) is 6. The number of amides is 1. The largest absolute Gasteiger partial charge is 0.490 e. The van der Waals surface area contributed by atoms with Crippen LogP contribution in [0.4, 0.5) is 5.69 Å². The molecule has 1 aromatic rings. The van der Waals surface area contributed by atoms with Crippen molar-refractivity contribution in [3.8, 4) is 5.75 Å². The first-order valence-corrected chi connectivity index (χ1v) is 9.42. The van der Waals surface area contributed by atoms with Crippen molar-refractivity contribution in [2.45, 2.75) is 43.4 Å². The molecule has 0 heterocycles. The van der Waals surface area contributed by atoms with Crippen molar-refractivity contribution >= 4 is 29.3 Å². The van der Waals surface area contributed by atoms with Gasteiger partial charge in [-0.3, -0.25) is 19.7 Å². The summed E-state index contributed by atoms with van der Waals surface area (Å²) in [4.78, 5) is 33.8. The summed E-state index contributed by atoms with van der Waals surface area (Å²) >= 11 is 1.33. The highest BCUT2D eigenvalue weighted by Crippen LogP contribution is 2.33. The second kappa shape index (κ2) is 8.88. The third-order valence-electron chi connectivity index (χ3n) is 4.40. The zero-order chi connectivity index (χ0) is 19.2. The van der Waals surface area contributed by atoms with Gasteiger partial charge in [0.25, 0.3) is 0 Å². The lowest BCUT2D eigenvalue weighted by Gasteiger charge is -2.28. The van der Waals surface area contributed by atoms with E-state index in [-0.39, 0.29) is 29.5 Å². The van der Waals surface area contributed by atoms with E-state index >= 15 is 0 Å². The average molecular weight is 382 g/mol. The molecular weight excluding hydrogens is 360 g/mol. The van der Waals surface area contributed by atoms with Crippen molar-refractivity contribution in [2.75, 3.05) is 12.9 Å². The number of hydrogen-bond donors (Lipinski definition) is 2. The number of aliphatic carboxylic acids is 1. The zero-order valence-corrected chi connectivity index (χ0v) is 15.3. The molecule has 0 aliphatic heterocycles. The van der Waals surface area contributed by atoms with Crippen LogP contribution in [-0.2, 0) is 15.3 Å². The maximum Gasteiger partial charge on any atom is 0.311 e. The molecule has 1 aliphatic carbocycles. The summed E-state index contributed by atoms with van der Waals surface area (Å²) in [6, 6.07) is 4.70. The Balaban J connectivity index is 1.89. The van der Waals surface area contributed by atoms with E-state index in [0.717, 1.165) is 18.4 Å². The highest BCUT2D eigenvalue weighted by Gasteiger charge is 2.37. The van der Waals surface area contributed by atoms with E-state index in [1.165, 1.54) is 31.0 Å². The molecule has 0 saturated heterocycles. The third kappa shape index (κ3) is 5.35. The number of nitro benzene ring substituents is 1. The standard InChI is InChI=1S/C17H22N2O6S/c1-25-14-5-4-12(8-13(14)19(23)24)10-26-11-15(20)18-17(9-16(21)22)6-2-3-7-17/h4-5,8H,2-3,6-7,9-11H2,1H3,(H,18,20)(H,21,22). The first kappa shape index (κ1) is 20.0. The molecule has 142 valence electrons. The second-order valence-electron chi connectivity index (χ2n) is 6.36. The maximum atomic E-state index is 12.2. The second-order valence-corrected chi connectivity index (χ2v) is 7.35. The van der Waals surface area contributed by atoms with Gasteiger partial charge >= 0.3 is 11.7 Å². The Labute approximate surface area is 155 Å². The van der Waals surface area contributed by atoms with Crippen LogP contribution in [0.2, 0.25) is 0 Å². The molecule has 1 amide bonds. The highest BCUT2D eigenvalue weighted by molar-refractivity contribution is 7.99. The van der Waals surface area contributed by atoms with E-state index in [0.29, 0.717) is 18.6 Å². The summed E-state index contributed by atoms with van der Waals surface area (Å²) < 4.78 is 4.96. The molecule has 1 fully saturated rings. The quantitative estimate of drug-likeness (QED) is 0.498. The molecule has 0 atom stereocenters. The normalized spacial score (nSPS) is 15.4. The Bertz CT molecular complexity index is 688. The summed E-state index contributed by atoms with van der Waals surface area (Å²) in [5.41, 5.74) is -0.0274. The minimum Gasteiger partial charge on any atom is -0.490 e. The number of nitrogens with zero attached hydrogens (tertiary/aromatic N) is 1. The smallest absolute Gasteiger partial charge is 0.311 e. The van der Waals surface area contributed by atoms with Gasteiger partial charge in [-0.05, 0) is 24.5 Å². The molecule has 1 aliphatic rings. The number of nitrogens with one attached hydrogen (secondary N) is 1. The topological polar surface area (TPSA) is 119 Å². The van der Waals surface area contributed by atoms with Gasteiger partial charge in [-0.15, -0.1) is 11.8 Å². The summed E-state index contributed by atoms with van der Waals surface area (Å²) in [5, 5.41) is 23.0. The fourth-order valence-corrected chi connectivity index (χ4v) is 4.02. The van der Waals surface area contributed by atoms with Crippen LogP contribution in [-0.4, -0.2) is 40.3 Å². The van der Waals surface area contributed by atoms with Crippen LogP contribution in [0.5, 0.6) is 5.75 Å². The molecule has 0 bridgehead atoms. The van der Waals surface area contributed by atoms with Crippen molar-refractivity contribution in [1.29, 1.82) is 0 Å². The lowest BCUT2D eigenvalue weighted by atomic mass is 9.93. The zero-order valence-electron chi connectivity index (χ0n) is 14.5. The van der Waals surface area contributed by atoms with Crippen LogP contribution >= 0.6 is 11.8 Å². The molecule has 0 unspecified atom stereocenters. The fraction of sp³-hybridized carbons (Fsp3) is 0.529. The number of benzene rings is 1. The van der Waals surface area contributed by atoms with Gasteiger partial charge in [0.05, 0.1) is 29.7 Å². The van der Waals surface area contributed by atoms with Gasteiger partial charge in [-0.1, -0.05) is 18.9 Å². The van der Waals surface area contributed by atoms with Crippen molar-refractivity contribution < 1.29 is 24.4 Å². The van der Waals surface area contributed by atoms with E-state index in [2.05, 4.69) is 5.32 Å². The number of methoxy groups -OCH3 is 1. The van der Waals surface area contributed by atoms with E-state index in [9.17, 15) is 19.7 Å². The molecule has 2 N–H and O–H groups in total. The summed E-state index contributed by atoms with van der Waals surface area (Å²) in [6.07, 6.45) is 3.13. The maximum absolute atomic E-state index is 12.2. The average Bonchev–Trinajstić information content (AvgIpc) is 3.01. The SMILES string of the molecule is COc1ccc(CSCC(=O)NC2(CC(=O)O)CCCC2)cc1[N+](=O)[O-]. The molecule has 26 heavy (non-hydrogen) atoms. The Morgan fingerprint density at radius 3 is 2.65 bits per heavy atom. The Kier molecular flexibility index (Phi) is 6.84. The van der Waals surface area contributed by atoms with Gasteiger partial charge in [0.2, 0.25) is 5.91 Å². The number of nitro groups is 1. The number of carboxylic acid groups (broad SMARTS) is 1. The van der Waals surface area contributed by atoms with Crippen LogP contribution in [0.25, 0.3) is 0 Å². The highest BCUT2D eigenvalue weighted by atomic mass is 32.2. The molecule has 0 radical (unpaired) electrons. The fourth-order valence-electron chi connectivity index (χ4n) is 3.25. The first-order valence-electron chi connectivity index (χ1n) is 8.27.